The molecule has 7 rings (SSSR count). The number of hydrogen-bond donors (Lipinski definition) is 0. The van der Waals surface area contributed by atoms with Crippen LogP contribution in [0, 0.1) is 13.8 Å². The second kappa shape index (κ2) is 12.4. The molecule has 0 unspecified atom stereocenters. The Morgan fingerprint density at radius 1 is 0.867 bits per heavy atom. The van der Waals surface area contributed by atoms with Crippen molar-refractivity contribution in [2.45, 2.75) is 38.7 Å². The van der Waals surface area contributed by atoms with Crippen LogP contribution in [0.5, 0.6) is 0 Å². The Morgan fingerprint density at radius 2 is 1.60 bits per heavy atom. The van der Waals surface area contributed by atoms with Gasteiger partial charge in [0.15, 0.2) is 5.65 Å². The van der Waals surface area contributed by atoms with Crippen LogP contribution in [0.4, 0.5) is 0 Å². The van der Waals surface area contributed by atoms with Crippen molar-refractivity contribution in [3.05, 3.63) is 119 Å². The number of ether oxygens (including phenoxy) is 3. The number of nitrogens with zero attached hydrogens (tertiary/aromatic N) is 3. The number of aryl methyl sites for hydroxylation is 2. The van der Waals surface area contributed by atoms with Crippen molar-refractivity contribution < 1.29 is 23.8 Å². The molecule has 0 N–H and O–H groups in total. The number of hydrogen-bond acceptors (Lipinski definition) is 9. The van der Waals surface area contributed by atoms with Gasteiger partial charge >= 0.3 is 11.9 Å². The molecular formula is C35H29N3O5S2. The molecule has 0 spiro atoms. The molecule has 45 heavy (non-hydrogen) atoms. The highest BCUT2D eigenvalue weighted by Gasteiger charge is 2.41. The molecule has 0 bridgehead atoms. The number of aromatic nitrogens is 3. The minimum Gasteiger partial charge on any atom is -0.459 e. The summed E-state index contributed by atoms with van der Waals surface area (Å²) in [7, 11) is 0. The van der Waals surface area contributed by atoms with Gasteiger partial charge in [-0.05, 0) is 66.8 Å². The summed E-state index contributed by atoms with van der Waals surface area (Å²) in [5.74, 6) is -0.908. The van der Waals surface area contributed by atoms with Crippen LogP contribution < -0.4 is 0 Å². The third-order valence-electron chi connectivity index (χ3n) is 7.95. The first-order valence-corrected chi connectivity index (χ1v) is 16.3. The van der Waals surface area contributed by atoms with Crippen LogP contribution in [0.2, 0.25) is 0 Å². The molecule has 0 saturated carbocycles. The third-order valence-corrected chi connectivity index (χ3v) is 10.1. The fourth-order valence-corrected chi connectivity index (χ4v) is 7.43. The van der Waals surface area contributed by atoms with E-state index in [1.54, 1.807) is 59.5 Å². The number of carbonyl (C=O) groups excluding carboxylic acids is 2. The molecule has 2 aromatic carbocycles. The van der Waals surface area contributed by atoms with Crippen LogP contribution in [0.25, 0.3) is 31.4 Å². The first kappa shape index (κ1) is 29.1. The summed E-state index contributed by atoms with van der Waals surface area (Å²) < 4.78 is 20.0. The molecule has 4 aromatic heterocycles. The number of benzene rings is 2. The lowest BCUT2D eigenvalue weighted by Gasteiger charge is -2.19. The minimum atomic E-state index is -0.692. The van der Waals surface area contributed by atoms with E-state index in [9.17, 15) is 9.59 Å². The van der Waals surface area contributed by atoms with Crippen LogP contribution in [-0.2, 0) is 14.2 Å². The highest BCUT2D eigenvalue weighted by molar-refractivity contribution is 7.23. The van der Waals surface area contributed by atoms with Crippen molar-refractivity contribution >= 4 is 45.8 Å². The van der Waals surface area contributed by atoms with E-state index in [4.69, 9.17) is 19.2 Å². The second-order valence-corrected chi connectivity index (χ2v) is 12.9. The van der Waals surface area contributed by atoms with Gasteiger partial charge in [0, 0.05) is 32.8 Å². The van der Waals surface area contributed by atoms with Gasteiger partial charge in [0.25, 0.3) is 0 Å². The molecule has 1 fully saturated rings. The van der Waals surface area contributed by atoms with Crippen LogP contribution >= 0.6 is 22.7 Å². The molecule has 0 amide bonds. The zero-order valence-corrected chi connectivity index (χ0v) is 26.2. The fourth-order valence-electron chi connectivity index (χ4n) is 5.56. The first-order valence-electron chi connectivity index (χ1n) is 14.6. The molecule has 1 saturated heterocycles. The first-order chi connectivity index (χ1) is 22.0. The molecular weight excluding hydrogens is 607 g/mol. The van der Waals surface area contributed by atoms with Gasteiger partial charge in [0.1, 0.15) is 30.6 Å². The average molecular weight is 636 g/mol. The van der Waals surface area contributed by atoms with E-state index in [0.29, 0.717) is 23.2 Å². The molecule has 226 valence electrons. The van der Waals surface area contributed by atoms with E-state index in [1.165, 1.54) is 9.75 Å². The lowest BCUT2D eigenvalue weighted by Crippen LogP contribution is -2.32. The Labute approximate surface area is 267 Å². The van der Waals surface area contributed by atoms with Gasteiger partial charge in [0.2, 0.25) is 0 Å². The van der Waals surface area contributed by atoms with Gasteiger partial charge in [-0.15, -0.1) is 22.7 Å². The summed E-state index contributed by atoms with van der Waals surface area (Å²) in [6.07, 6.45) is 1.91. The Morgan fingerprint density at radius 3 is 2.33 bits per heavy atom. The maximum Gasteiger partial charge on any atom is 0.338 e. The van der Waals surface area contributed by atoms with Crippen molar-refractivity contribution in [3.8, 4) is 20.2 Å². The Bertz CT molecular complexity index is 2000. The maximum atomic E-state index is 13.3. The van der Waals surface area contributed by atoms with Gasteiger partial charge < -0.3 is 14.2 Å². The van der Waals surface area contributed by atoms with E-state index in [-0.39, 0.29) is 6.61 Å². The summed E-state index contributed by atoms with van der Waals surface area (Å²) in [6, 6.07) is 24.9. The van der Waals surface area contributed by atoms with Crippen molar-refractivity contribution in [1.29, 1.82) is 0 Å². The molecule has 1 aliphatic rings. The van der Waals surface area contributed by atoms with E-state index >= 15 is 0 Å². The average Bonchev–Trinajstić information content (AvgIpc) is 3.87. The maximum absolute atomic E-state index is 13.3. The Hall–Kier alpha value is -4.64. The quantitative estimate of drug-likeness (QED) is 0.157. The summed E-state index contributed by atoms with van der Waals surface area (Å²) in [6.45, 7) is 3.64. The number of fused-ring (bicyclic) bond motifs is 1. The molecule has 8 nitrogen and oxygen atoms in total. The Balaban J connectivity index is 1.16. The number of carbonyl (C=O) groups is 2. The van der Waals surface area contributed by atoms with E-state index in [0.717, 1.165) is 27.1 Å². The molecule has 3 atom stereocenters. The van der Waals surface area contributed by atoms with Crippen molar-refractivity contribution in [2.24, 2.45) is 0 Å². The number of rotatable bonds is 8. The predicted molar refractivity (Wildman–Crippen MR) is 175 cm³/mol. The minimum absolute atomic E-state index is 0.0820. The van der Waals surface area contributed by atoms with Crippen molar-refractivity contribution in [2.75, 3.05) is 6.61 Å². The summed E-state index contributed by atoms with van der Waals surface area (Å²) in [5, 5.41) is 2.07. The largest absolute Gasteiger partial charge is 0.459 e. The molecule has 6 aromatic rings. The number of esters is 2. The van der Waals surface area contributed by atoms with Crippen molar-refractivity contribution in [1.82, 2.24) is 14.5 Å². The molecule has 10 heteroatoms. The topological polar surface area (TPSA) is 92.5 Å². The molecule has 0 radical (unpaired) electrons. The van der Waals surface area contributed by atoms with Crippen LogP contribution in [-0.4, -0.2) is 45.3 Å². The van der Waals surface area contributed by atoms with Crippen LogP contribution in [0.1, 0.15) is 44.5 Å². The number of thiophene rings is 2. The molecule has 0 aliphatic carbocycles. The van der Waals surface area contributed by atoms with Gasteiger partial charge in [-0.1, -0.05) is 42.5 Å². The van der Waals surface area contributed by atoms with Gasteiger partial charge in [-0.3, -0.25) is 4.57 Å². The summed E-state index contributed by atoms with van der Waals surface area (Å²) in [5.41, 5.74) is 4.98. The zero-order valence-electron chi connectivity index (χ0n) is 24.6. The zero-order chi connectivity index (χ0) is 30.9. The molecule has 1 aliphatic heterocycles. The fraction of sp³-hybridized carbons (Fsp3) is 0.200. The summed E-state index contributed by atoms with van der Waals surface area (Å²) in [4.78, 5) is 39.1. The van der Waals surface area contributed by atoms with Gasteiger partial charge in [0.05, 0.1) is 17.5 Å². The third kappa shape index (κ3) is 5.80. The van der Waals surface area contributed by atoms with E-state index in [1.807, 2.05) is 48.7 Å². The second-order valence-electron chi connectivity index (χ2n) is 10.9. The lowest BCUT2D eigenvalue weighted by atomic mass is 10.1. The number of pyridine rings is 1. The smallest absolute Gasteiger partial charge is 0.338 e. The lowest BCUT2D eigenvalue weighted by molar-refractivity contribution is -0.0563. The normalized spacial score (nSPS) is 17.9. The molecule has 5 heterocycles. The van der Waals surface area contributed by atoms with Gasteiger partial charge in [-0.25, -0.2) is 19.6 Å². The van der Waals surface area contributed by atoms with Crippen LogP contribution in [0.3, 0.4) is 0 Å². The van der Waals surface area contributed by atoms with Gasteiger partial charge in [-0.2, -0.15) is 0 Å². The Kier molecular flexibility index (Phi) is 8.01. The van der Waals surface area contributed by atoms with Crippen molar-refractivity contribution in [3.63, 3.8) is 0 Å². The summed E-state index contributed by atoms with van der Waals surface area (Å²) >= 11 is 3.42. The highest BCUT2D eigenvalue weighted by atomic mass is 32.1. The van der Waals surface area contributed by atoms with E-state index < -0.39 is 30.4 Å². The SMILES string of the molecule is Cc1ccccc1C(=O)OC[C@H]1O[C@@H](n2cnc3c(-c4ccc(-c5cccs5)s4)ccnc32)C[C@@H]1OC(=O)c1ccccc1C. The number of imidazole rings is 1. The highest BCUT2D eigenvalue weighted by Crippen LogP contribution is 2.40. The van der Waals surface area contributed by atoms with E-state index in [2.05, 4.69) is 34.6 Å². The predicted octanol–water partition coefficient (Wildman–Crippen LogP) is 7.88. The van der Waals surface area contributed by atoms with Crippen LogP contribution in [0.15, 0.2) is 96.8 Å². The standard InChI is InChI=1S/C35H29N3O5S2/c1-21-8-3-5-10-23(21)34(39)41-19-27-26(43-35(40)24-11-6-4-9-22(24)2)18-31(42-27)38-20-37-32-25(15-16-36-33(32)38)28-13-14-30(45-28)29-12-7-17-44-29/h3-17,20,26-27,31H,18-19H2,1-2H3/t26-,27+,31+/m0/s1. The monoisotopic (exact) mass is 635 g/mol.